The van der Waals surface area contributed by atoms with Gasteiger partial charge in [0.05, 0.1) is 23.7 Å². The van der Waals surface area contributed by atoms with Crippen LogP contribution in [0.2, 0.25) is 0 Å². The second kappa shape index (κ2) is 5.03. The summed E-state index contributed by atoms with van der Waals surface area (Å²) in [4.78, 5) is 30.5. The number of aromatic nitrogens is 1. The lowest BCUT2D eigenvalue weighted by Crippen LogP contribution is -2.40. The summed E-state index contributed by atoms with van der Waals surface area (Å²) >= 11 is 0. The average molecular weight is 311 g/mol. The van der Waals surface area contributed by atoms with Crippen molar-refractivity contribution in [3.63, 3.8) is 0 Å². The van der Waals surface area contributed by atoms with Gasteiger partial charge in [-0.2, -0.15) is 0 Å². The van der Waals surface area contributed by atoms with E-state index in [4.69, 9.17) is 0 Å². The molecule has 1 aromatic heterocycles. The first kappa shape index (κ1) is 14.1. The minimum atomic E-state index is -0.992. The number of carbonyl (C=O) groups is 2. The smallest absolute Gasteiger partial charge is 0.313 e. The van der Waals surface area contributed by atoms with Crippen LogP contribution in [-0.4, -0.2) is 46.5 Å². The number of aliphatic carboxylic acids is 1. The zero-order chi connectivity index (χ0) is 16.0. The molecule has 0 spiro atoms. The van der Waals surface area contributed by atoms with E-state index < -0.39 is 17.3 Å². The number of likely N-dealkylation sites (tertiary alicyclic amines) is 1. The van der Waals surface area contributed by atoms with Crippen LogP contribution in [0.25, 0.3) is 10.9 Å². The van der Waals surface area contributed by atoms with Crippen molar-refractivity contribution in [1.29, 1.82) is 0 Å². The zero-order valence-electron chi connectivity index (χ0n) is 12.5. The van der Waals surface area contributed by atoms with Gasteiger partial charge in [0.15, 0.2) is 0 Å². The minimum absolute atomic E-state index is 0.0904. The number of hydrogen-bond acceptors (Lipinski definition) is 4. The van der Waals surface area contributed by atoms with Crippen molar-refractivity contribution in [3.05, 3.63) is 42.1 Å². The largest absolute Gasteiger partial charge is 0.481 e. The van der Waals surface area contributed by atoms with E-state index in [0.29, 0.717) is 19.6 Å². The van der Waals surface area contributed by atoms with Gasteiger partial charge in [-0.05, 0) is 12.1 Å². The van der Waals surface area contributed by atoms with Gasteiger partial charge in [0, 0.05) is 25.0 Å². The summed E-state index contributed by atoms with van der Waals surface area (Å²) in [7, 11) is 0. The Morgan fingerprint density at radius 1 is 1.35 bits per heavy atom. The first-order valence-corrected chi connectivity index (χ1v) is 7.68. The van der Waals surface area contributed by atoms with Crippen LogP contribution in [0, 0.1) is 11.3 Å². The van der Waals surface area contributed by atoms with Crippen molar-refractivity contribution in [2.45, 2.75) is 6.54 Å². The third-order valence-electron chi connectivity index (χ3n) is 4.97. The Morgan fingerprint density at radius 3 is 2.96 bits per heavy atom. The van der Waals surface area contributed by atoms with E-state index >= 15 is 0 Å². The van der Waals surface area contributed by atoms with Crippen LogP contribution >= 0.6 is 0 Å². The summed E-state index contributed by atoms with van der Waals surface area (Å²) in [6, 6.07) is 11.7. The molecule has 0 saturated carbocycles. The van der Waals surface area contributed by atoms with E-state index in [2.05, 4.69) is 10.3 Å². The molecule has 23 heavy (non-hydrogen) atoms. The van der Waals surface area contributed by atoms with Gasteiger partial charge in [0.1, 0.15) is 5.41 Å². The number of carbonyl (C=O) groups excluding carboxylic acids is 1. The van der Waals surface area contributed by atoms with E-state index in [-0.39, 0.29) is 12.5 Å². The molecule has 0 bridgehead atoms. The van der Waals surface area contributed by atoms with Crippen molar-refractivity contribution in [2.75, 3.05) is 19.6 Å². The number of rotatable bonds is 3. The standard InChI is InChI=1S/C17H17N3O3/c21-15-13-7-18-9-17(13,16(22)23)10-20(15)8-12-6-5-11-3-1-2-4-14(11)19-12/h1-6,13,18H,7-10H2,(H,22,23)/t13-,17-/m0/s1. The number of pyridine rings is 1. The highest BCUT2D eigenvalue weighted by molar-refractivity contribution is 5.92. The van der Waals surface area contributed by atoms with Crippen LogP contribution in [-0.2, 0) is 16.1 Å². The predicted octanol–water partition coefficient (Wildman–Crippen LogP) is 0.867. The molecular formula is C17H17N3O3. The lowest BCUT2D eigenvalue weighted by Gasteiger charge is -2.22. The van der Waals surface area contributed by atoms with Gasteiger partial charge in [0.25, 0.3) is 0 Å². The molecule has 3 heterocycles. The van der Waals surface area contributed by atoms with E-state index in [1.54, 1.807) is 4.90 Å². The normalized spacial score (nSPS) is 26.7. The van der Waals surface area contributed by atoms with E-state index in [9.17, 15) is 14.7 Å². The van der Waals surface area contributed by atoms with Gasteiger partial charge in [0.2, 0.25) is 5.91 Å². The molecular weight excluding hydrogens is 294 g/mol. The Hall–Kier alpha value is -2.47. The lowest BCUT2D eigenvalue weighted by atomic mass is 9.81. The molecule has 2 N–H and O–H groups in total. The van der Waals surface area contributed by atoms with Crippen LogP contribution in [0.1, 0.15) is 5.69 Å². The Morgan fingerprint density at radius 2 is 2.17 bits per heavy atom. The maximum Gasteiger partial charge on any atom is 0.313 e. The molecule has 0 aliphatic carbocycles. The van der Waals surface area contributed by atoms with Gasteiger partial charge in [-0.3, -0.25) is 14.6 Å². The van der Waals surface area contributed by atoms with E-state index in [1.165, 1.54) is 0 Å². The average Bonchev–Trinajstić information content (AvgIpc) is 3.08. The fraction of sp³-hybridized carbons (Fsp3) is 0.353. The monoisotopic (exact) mass is 311 g/mol. The fourth-order valence-electron chi connectivity index (χ4n) is 3.70. The molecule has 1 aromatic carbocycles. The molecule has 2 aliphatic rings. The van der Waals surface area contributed by atoms with Crippen LogP contribution in [0.3, 0.4) is 0 Å². The maximum atomic E-state index is 12.6. The highest BCUT2D eigenvalue weighted by Crippen LogP contribution is 2.40. The first-order valence-electron chi connectivity index (χ1n) is 7.68. The van der Waals surface area contributed by atoms with Crippen LogP contribution in [0.15, 0.2) is 36.4 Å². The number of hydrogen-bond donors (Lipinski definition) is 2. The molecule has 2 aliphatic heterocycles. The third-order valence-corrected chi connectivity index (χ3v) is 4.97. The van der Waals surface area contributed by atoms with Crippen LogP contribution < -0.4 is 5.32 Å². The fourth-order valence-corrected chi connectivity index (χ4v) is 3.70. The summed E-state index contributed by atoms with van der Waals surface area (Å²) in [6.07, 6.45) is 0. The molecule has 2 atom stereocenters. The number of para-hydroxylation sites is 1. The second-order valence-corrected chi connectivity index (χ2v) is 6.33. The Bertz CT molecular complexity index is 807. The number of nitrogens with zero attached hydrogens (tertiary/aromatic N) is 2. The summed E-state index contributed by atoms with van der Waals surface area (Å²) in [5.74, 6) is -1.46. The number of carboxylic acids is 1. The van der Waals surface area contributed by atoms with Crippen molar-refractivity contribution >= 4 is 22.8 Å². The molecule has 4 rings (SSSR count). The highest BCUT2D eigenvalue weighted by Gasteiger charge is 2.59. The van der Waals surface area contributed by atoms with Gasteiger partial charge in [-0.15, -0.1) is 0 Å². The van der Waals surface area contributed by atoms with Crippen molar-refractivity contribution in [2.24, 2.45) is 11.3 Å². The summed E-state index contributed by atoms with van der Waals surface area (Å²) in [5.41, 5.74) is 0.672. The molecule has 2 saturated heterocycles. The molecule has 118 valence electrons. The van der Waals surface area contributed by atoms with Gasteiger partial charge in [-0.1, -0.05) is 24.3 Å². The van der Waals surface area contributed by atoms with E-state index in [1.807, 2.05) is 36.4 Å². The predicted molar refractivity (Wildman–Crippen MR) is 83.6 cm³/mol. The quantitative estimate of drug-likeness (QED) is 0.879. The molecule has 6 nitrogen and oxygen atoms in total. The van der Waals surface area contributed by atoms with Crippen molar-refractivity contribution < 1.29 is 14.7 Å². The van der Waals surface area contributed by atoms with Gasteiger partial charge < -0.3 is 15.3 Å². The SMILES string of the molecule is O=C1[C@@H]2CNC[C@]2(C(=O)O)CN1Cc1ccc2ccccc2n1. The number of nitrogens with one attached hydrogen (secondary N) is 1. The Labute approximate surface area is 133 Å². The van der Waals surface area contributed by atoms with Crippen molar-refractivity contribution in [1.82, 2.24) is 15.2 Å². The minimum Gasteiger partial charge on any atom is -0.481 e. The number of amides is 1. The first-order chi connectivity index (χ1) is 11.1. The zero-order valence-corrected chi connectivity index (χ0v) is 12.5. The number of fused-ring (bicyclic) bond motifs is 2. The molecule has 2 fully saturated rings. The van der Waals surface area contributed by atoms with E-state index in [0.717, 1.165) is 16.6 Å². The summed E-state index contributed by atoms with van der Waals surface area (Å²) in [6.45, 7) is 1.38. The van der Waals surface area contributed by atoms with Gasteiger partial charge in [-0.25, -0.2) is 0 Å². The van der Waals surface area contributed by atoms with Gasteiger partial charge >= 0.3 is 5.97 Å². The lowest BCUT2D eigenvalue weighted by molar-refractivity contribution is -0.149. The summed E-state index contributed by atoms with van der Waals surface area (Å²) < 4.78 is 0. The topological polar surface area (TPSA) is 82.5 Å². The number of carboxylic acid groups (broad SMARTS) is 1. The molecule has 0 unspecified atom stereocenters. The van der Waals surface area contributed by atoms with Crippen LogP contribution in [0.4, 0.5) is 0 Å². The Kier molecular flexibility index (Phi) is 3.09. The van der Waals surface area contributed by atoms with Crippen LogP contribution in [0.5, 0.6) is 0 Å². The molecule has 0 radical (unpaired) electrons. The number of benzene rings is 1. The highest BCUT2D eigenvalue weighted by atomic mass is 16.4. The van der Waals surface area contributed by atoms with Crippen molar-refractivity contribution in [3.8, 4) is 0 Å². The summed E-state index contributed by atoms with van der Waals surface area (Å²) in [5, 5.41) is 13.7. The Balaban J connectivity index is 1.61. The molecule has 2 aromatic rings. The molecule has 6 heteroatoms. The maximum absolute atomic E-state index is 12.6. The second-order valence-electron chi connectivity index (χ2n) is 6.33. The third kappa shape index (κ3) is 2.09. The molecule has 1 amide bonds.